The molecule has 1 heterocycles. The molecule has 1 aliphatic heterocycles. The van der Waals surface area contributed by atoms with Crippen LogP contribution in [-0.4, -0.2) is 24.1 Å². The lowest BCUT2D eigenvalue weighted by atomic mass is 9.90. The van der Waals surface area contributed by atoms with E-state index in [0.717, 1.165) is 0 Å². The van der Waals surface area contributed by atoms with Gasteiger partial charge < -0.3 is 15.2 Å². The fourth-order valence-electron chi connectivity index (χ4n) is 1.95. The second-order valence-corrected chi connectivity index (χ2v) is 4.52. The van der Waals surface area contributed by atoms with E-state index in [1.54, 1.807) is 12.1 Å². The fraction of sp³-hybridized carbons (Fsp3) is 0.333. The quantitative estimate of drug-likeness (QED) is 0.814. The molecule has 1 aromatic rings. The number of halogens is 1. The molecule has 0 saturated heterocycles. The highest BCUT2D eigenvalue weighted by Crippen LogP contribution is 2.40. The predicted octanol–water partition coefficient (Wildman–Crippen LogP) is 1.43. The molecule has 0 radical (unpaired) electrons. The summed E-state index contributed by atoms with van der Waals surface area (Å²) in [6, 6.07) is 4.75. The molecule has 96 valence electrons. The second-order valence-electron chi connectivity index (χ2n) is 4.08. The Kier molecular flexibility index (Phi) is 3.28. The van der Waals surface area contributed by atoms with Crippen molar-refractivity contribution in [1.82, 2.24) is 0 Å². The van der Waals surface area contributed by atoms with E-state index >= 15 is 0 Å². The number of hydrogen-bond donors (Lipinski definition) is 2. The number of benzene rings is 1. The maximum absolute atomic E-state index is 11.8. The Morgan fingerprint density at radius 1 is 1.56 bits per heavy atom. The van der Waals surface area contributed by atoms with Crippen LogP contribution >= 0.6 is 11.6 Å². The summed E-state index contributed by atoms with van der Waals surface area (Å²) in [6.45, 7) is 0. The molecule has 1 aromatic carbocycles. The van der Waals surface area contributed by atoms with Crippen molar-refractivity contribution in [2.75, 3.05) is 12.4 Å². The van der Waals surface area contributed by atoms with Crippen LogP contribution in [-0.2, 0) is 19.9 Å². The molecule has 5 nitrogen and oxygen atoms in total. The maximum atomic E-state index is 11.8. The van der Waals surface area contributed by atoms with Crippen LogP contribution in [0.15, 0.2) is 18.2 Å². The number of nitrogens with one attached hydrogen (secondary N) is 1. The minimum Gasteiger partial charge on any atom is -0.469 e. The average Bonchev–Trinajstić information content (AvgIpc) is 2.60. The van der Waals surface area contributed by atoms with Crippen LogP contribution in [0.25, 0.3) is 0 Å². The first-order valence-corrected chi connectivity index (χ1v) is 5.76. The third kappa shape index (κ3) is 2.07. The fourth-order valence-corrected chi connectivity index (χ4v) is 2.12. The van der Waals surface area contributed by atoms with Crippen molar-refractivity contribution in [3.63, 3.8) is 0 Å². The first kappa shape index (κ1) is 12.9. The molecule has 1 amide bonds. The largest absolute Gasteiger partial charge is 0.469 e. The molecule has 1 unspecified atom stereocenters. The number of aliphatic hydroxyl groups is 1. The summed E-state index contributed by atoms with van der Waals surface area (Å²) in [5, 5.41) is 13.4. The summed E-state index contributed by atoms with van der Waals surface area (Å²) in [4.78, 5) is 22.9. The molecule has 18 heavy (non-hydrogen) atoms. The van der Waals surface area contributed by atoms with Crippen LogP contribution in [0.4, 0.5) is 5.69 Å². The molecule has 0 bridgehead atoms. The minimum atomic E-state index is -1.73. The maximum Gasteiger partial charge on any atom is 0.305 e. The smallest absolute Gasteiger partial charge is 0.305 e. The van der Waals surface area contributed by atoms with Gasteiger partial charge in [0.15, 0.2) is 5.60 Å². The highest BCUT2D eigenvalue weighted by molar-refractivity contribution is 6.31. The SMILES string of the molecule is COC(=O)CCC1(O)C(=O)Nc2ccc(Cl)cc21. The van der Waals surface area contributed by atoms with Crippen molar-refractivity contribution >= 4 is 29.2 Å². The van der Waals surface area contributed by atoms with E-state index in [0.29, 0.717) is 16.3 Å². The topological polar surface area (TPSA) is 75.6 Å². The summed E-state index contributed by atoms with van der Waals surface area (Å²) in [5.41, 5.74) is -0.824. The summed E-state index contributed by atoms with van der Waals surface area (Å²) >= 11 is 5.85. The highest BCUT2D eigenvalue weighted by Gasteiger charge is 2.45. The van der Waals surface area contributed by atoms with E-state index in [2.05, 4.69) is 10.1 Å². The van der Waals surface area contributed by atoms with Gasteiger partial charge in [-0.3, -0.25) is 9.59 Å². The summed E-state index contributed by atoms with van der Waals surface area (Å²) in [5.74, 6) is -1.03. The molecule has 0 saturated carbocycles. The Balaban J connectivity index is 2.30. The number of hydrogen-bond acceptors (Lipinski definition) is 4. The van der Waals surface area contributed by atoms with Gasteiger partial charge in [0.25, 0.3) is 5.91 Å². The van der Waals surface area contributed by atoms with Crippen molar-refractivity contribution in [3.05, 3.63) is 28.8 Å². The molecule has 0 aliphatic carbocycles. The molecular formula is C12H12ClNO4. The number of methoxy groups -OCH3 is 1. The molecule has 2 rings (SSSR count). The zero-order valence-electron chi connectivity index (χ0n) is 9.70. The Morgan fingerprint density at radius 3 is 2.94 bits per heavy atom. The van der Waals surface area contributed by atoms with Crippen LogP contribution < -0.4 is 5.32 Å². The minimum absolute atomic E-state index is 0.0428. The van der Waals surface area contributed by atoms with Gasteiger partial charge in [-0.05, 0) is 24.6 Å². The summed E-state index contributed by atoms with van der Waals surface area (Å²) in [6.07, 6.45) is -0.0920. The Morgan fingerprint density at radius 2 is 2.28 bits per heavy atom. The Labute approximate surface area is 109 Å². The second kappa shape index (κ2) is 4.59. The number of carbonyl (C=O) groups is 2. The van der Waals surface area contributed by atoms with Crippen molar-refractivity contribution < 1.29 is 19.4 Å². The highest BCUT2D eigenvalue weighted by atomic mass is 35.5. The predicted molar refractivity (Wildman–Crippen MR) is 65.2 cm³/mol. The molecule has 1 atom stereocenters. The monoisotopic (exact) mass is 269 g/mol. The first-order valence-electron chi connectivity index (χ1n) is 5.38. The van der Waals surface area contributed by atoms with Crippen LogP contribution in [0.2, 0.25) is 5.02 Å². The van der Waals surface area contributed by atoms with E-state index in [9.17, 15) is 14.7 Å². The number of ether oxygens (including phenoxy) is 1. The third-order valence-corrected chi connectivity index (χ3v) is 3.20. The van der Waals surface area contributed by atoms with E-state index in [1.807, 2.05) is 0 Å². The van der Waals surface area contributed by atoms with Gasteiger partial charge in [-0.25, -0.2) is 0 Å². The molecule has 0 aromatic heterocycles. The van der Waals surface area contributed by atoms with Crippen LogP contribution in [0, 0.1) is 0 Å². The number of esters is 1. The lowest BCUT2D eigenvalue weighted by Gasteiger charge is -2.20. The van der Waals surface area contributed by atoms with Gasteiger partial charge in [-0.2, -0.15) is 0 Å². The lowest BCUT2D eigenvalue weighted by molar-refractivity contribution is -0.144. The summed E-state index contributed by atoms with van der Waals surface area (Å²) < 4.78 is 4.49. The van der Waals surface area contributed by atoms with Gasteiger partial charge in [0, 0.05) is 22.7 Å². The molecule has 1 aliphatic rings. The van der Waals surface area contributed by atoms with Gasteiger partial charge in [-0.1, -0.05) is 11.6 Å². The Bertz CT molecular complexity index is 517. The Hall–Kier alpha value is -1.59. The van der Waals surface area contributed by atoms with Crippen molar-refractivity contribution in [3.8, 4) is 0 Å². The molecule has 2 N–H and O–H groups in total. The lowest BCUT2D eigenvalue weighted by Crippen LogP contribution is -2.34. The van der Waals surface area contributed by atoms with E-state index in [-0.39, 0.29) is 12.8 Å². The molecule has 6 heteroatoms. The number of rotatable bonds is 3. The molecule has 0 spiro atoms. The van der Waals surface area contributed by atoms with Crippen LogP contribution in [0.1, 0.15) is 18.4 Å². The van der Waals surface area contributed by atoms with Gasteiger partial charge in [-0.15, -0.1) is 0 Å². The number of anilines is 1. The number of amides is 1. The van der Waals surface area contributed by atoms with Gasteiger partial charge in [0.1, 0.15) is 0 Å². The standard InChI is InChI=1S/C12H12ClNO4/c1-18-10(15)4-5-12(17)8-6-7(13)2-3-9(8)14-11(12)16/h2-3,6,17H,4-5H2,1H3,(H,14,16). The van der Waals surface area contributed by atoms with Crippen LogP contribution in [0.5, 0.6) is 0 Å². The normalized spacial score (nSPS) is 21.4. The molecular weight excluding hydrogens is 258 g/mol. The zero-order valence-corrected chi connectivity index (χ0v) is 10.5. The third-order valence-electron chi connectivity index (χ3n) is 2.97. The summed E-state index contributed by atoms with van der Waals surface area (Å²) in [7, 11) is 1.26. The van der Waals surface area contributed by atoms with Crippen molar-refractivity contribution in [2.45, 2.75) is 18.4 Å². The van der Waals surface area contributed by atoms with E-state index in [4.69, 9.17) is 11.6 Å². The van der Waals surface area contributed by atoms with Gasteiger partial charge >= 0.3 is 5.97 Å². The van der Waals surface area contributed by atoms with Crippen LogP contribution in [0.3, 0.4) is 0 Å². The van der Waals surface area contributed by atoms with E-state index < -0.39 is 17.5 Å². The van der Waals surface area contributed by atoms with E-state index in [1.165, 1.54) is 13.2 Å². The number of carbonyl (C=O) groups excluding carboxylic acids is 2. The van der Waals surface area contributed by atoms with Gasteiger partial charge in [0.2, 0.25) is 0 Å². The molecule has 0 fully saturated rings. The zero-order chi connectivity index (χ0) is 13.3. The van der Waals surface area contributed by atoms with Gasteiger partial charge in [0.05, 0.1) is 7.11 Å². The van der Waals surface area contributed by atoms with Crippen molar-refractivity contribution in [2.24, 2.45) is 0 Å². The first-order chi connectivity index (χ1) is 8.47. The van der Waals surface area contributed by atoms with Crippen molar-refractivity contribution in [1.29, 1.82) is 0 Å². The number of fused-ring (bicyclic) bond motifs is 1. The average molecular weight is 270 g/mol.